The maximum absolute atomic E-state index is 11.6. The summed E-state index contributed by atoms with van der Waals surface area (Å²) in [5, 5.41) is 6.43. The van der Waals surface area contributed by atoms with E-state index in [1.54, 1.807) is 25.3 Å². The average molecular weight is 271 g/mol. The number of amides is 1. The molecule has 0 spiro atoms. The van der Waals surface area contributed by atoms with Gasteiger partial charge in [0.2, 0.25) is 5.91 Å². The van der Waals surface area contributed by atoms with Crippen LogP contribution in [0, 0.1) is 0 Å². The highest BCUT2D eigenvalue weighted by molar-refractivity contribution is 6.32. The summed E-state index contributed by atoms with van der Waals surface area (Å²) >= 11 is 5.91. The third kappa shape index (κ3) is 4.84. The summed E-state index contributed by atoms with van der Waals surface area (Å²) in [5.74, 6) is 0.523. The Kier molecular flexibility index (Phi) is 4.84. The van der Waals surface area contributed by atoms with Crippen molar-refractivity contribution < 1.29 is 9.53 Å². The number of carbonyl (C=O) groups is 1. The van der Waals surface area contributed by atoms with Crippen molar-refractivity contribution in [3.63, 3.8) is 0 Å². The van der Waals surface area contributed by atoms with Crippen molar-refractivity contribution in [2.75, 3.05) is 19.0 Å². The Hall–Kier alpha value is -1.42. The lowest BCUT2D eigenvalue weighted by Crippen LogP contribution is -2.43. The number of hydrogen-bond acceptors (Lipinski definition) is 3. The van der Waals surface area contributed by atoms with Crippen molar-refractivity contribution in [2.45, 2.75) is 26.3 Å². The molecule has 1 amide bonds. The molecular formula is C13H19ClN2O2. The Bertz CT molecular complexity index is 427. The summed E-state index contributed by atoms with van der Waals surface area (Å²) in [5.41, 5.74) is 0.566. The Morgan fingerprint density at radius 2 is 2.06 bits per heavy atom. The molecular weight excluding hydrogens is 252 g/mol. The first-order chi connectivity index (χ1) is 8.31. The van der Waals surface area contributed by atoms with Gasteiger partial charge in [0.1, 0.15) is 5.75 Å². The number of hydrogen-bond donors (Lipinski definition) is 2. The molecule has 0 bridgehead atoms. The fourth-order valence-corrected chi connectivity index (χ4v) is 1.61. The predicted octanol–water partition coefficient (Wildman–Crippen LogP) is 2.68. The number of methoxy groups -OCH3 is 1. The summed E-state index contributed by atoms with van der Waals surface area (Å²) in [4.78, 5) is 11.6. The second-order valence-corrected chi connectivity index (χ2v) is 5.41. The van der Waals surface area contributed by atoms with Crippen LogP contribution in [0.1, 0.15) is 20.8 Å². The van der Waals surface area contributed by atoms with Crippen molar-refractivity contribution >= 4 is 23.2 Å². The molecule has 18 heavy (non-hydrogen) atoms. The molecule has 0 unspecified atom stereocenters. The molecule has 0 aliphatic carbocycles. The molecule has 5 heteroatoms. The second kappa shape index (κ2) is 5.96. The zero-order valence-electron chi connectivity index (χ0n) is 11.1. The van der Waals surface area contributed by atoms with Crippen LogP contribution in [0.25, 0.3) is 0 Å². The Balaban J connectivity index is 2.56. The molecule has 0 atom stereocenters. The Morgan fingerprint density at radius 1 is 1.39 bits per heavy atom. The molecule has 4 nitrogen and oxygen atoms in total. The van der Waals surface area contributed by atoms with Crippen molar-refractivity contribution in [2.24, 2.45) is 0 Å². The fourth-order valence-electron chi connectivity index (χ4n) is 1.41. The Labute approximate surface area is 113 Å². The molecule has 2 N–H and O–H groups in total. The van der Waals surface area contributed by atoms with E-state index in [4.69, 9.17) is 16.3 Å². The van der Waals surface area contributed by atoms with E-state index in [-0.39, 0.29) is 18.0 Å². The number of nitrogens with one attached hydrogen (secondary N) is 2. The third-order valence-electron chi connectivity index (χ3n) is 2.12. The smallest absolute Gasteiger partial charge is 0.239 e. The van der Waals surface area contributed by atoms with Crippen LogP contribution in [0.5, 0.6) is 5.75 Å². The van der Waals surface area contributed by atoms with Crippen molar-refractivity contribution in [3.05, 3.63) is 23.2 Å². The zero-order chi connectivity index (χ0) is 13.8. The molecule has 100 valence electrons. The van der Waals surface area contributed by atoms with Gasteiger partial charge in [0.15, 0.2) is 0 Å². The maximum Gasteiger partial charge on any atom is 0.239 e. The molecule has 0 radical (unpaired) electrons. The molecule has 0 aliphatic heterocycles. The summed E-state index contributed by atoms with van der Waals surface area (Å²) in [6.45, 7) is 6.03. The van der Waals surface area contributed by atoms with Gasteiger partial charge >= 0.3 is 0 Å². The summed E-state index contributed by atoms with van der Waals surface area (Å²) in [6, 6.07) is 5.28. The second-order valence-electron chi connectivity index (χ2n) is 5.00. The summed E-state index contributed by atoms with van der Waals surface area (Å²) in [6.07, 6.45) is 0. The van der Waals surface area contributed by atoms with Gasteiger partial charge in [-0.15, -0.1) is 0 Å². The van der Waals surface area contributed by atoms with Gasteiger partial charge in [-0.25, -0.2) is 0 Å². The largest absolute Gasteiger partial charge is 0.495 e. The lowest BCUT2D eigenvalue weighted by Gasteiger charge is -2.20. The minimum absolute atomic E-state index is 0.0589. The highest BCUT2D eigenvalue weighted by atomic mass is 35.5. The number of anilines is 1. The van der Waals surface area contributed by atoms with Crippen LogP contribution in [0.4, 0.5) is 5.69 Å². The number of carbonyl (C=O) groups excluding carboxylic acids is 1. The highest BCUT2D eigenvalue weighted by Gasteiger charge is 2.13. The van der Waals surface area contributed by atoms with E-state index < -0.39 is 0 Å². The monoisotopic (exact) mass is 270 g/mol. The van der Waals surface area contributed by atoms with Gasteiger partial charge in [0.05, 0.1) is 18.7 Å². The molecule has 0 aliphatic rings. The molecule has 0 heterocycles. The van der Waals surface area contributed by atoms with E-state index in [0.717, 1.165) is 5.69 Å². The van der Waals surface area contributed by atoms with Crippen LogP contribution in [0.3, 0.4) is 0 Å². The van der Waals surface area contributed by atoms with E-state index in [0.29, 0.717) is 10.8 Å². The first-order valence-electron chi connectivity index (χ1n) is 5.70. The van der Waals surface area contributed by atoms with Crippen molar-refractivity contribution in [3.8, 4) is 5.75 Å². The zero-order valence-corrected chi connectivity index (χ0v) is 11.9. The first-order valence-corrected chi connectivity index (χ1v) is 6.08. The minimum atomic E-state index is -0.226. The third-order valence-corrected chi connectivity index (χ3v) is 2.43. The van der Waals surface area contributed by atoms with Crippen LogP contribution in [0.15, 0.2) is 18.2 Å². The fraction of sp³-hybridized carbons (Fsp3) is 0.462. The molecule has 1 rings (SSSR count). The lowest BCUT2D eigenvalue weighted by molar-refractivity contribution is -0.120. The van der Waals surface area contributed by atoms with E-state index in [1.165, 1.54) is 0 Å². The maximum atomic E-state index is 11.6. The normalized spacial score (nSPS) is 10.9. The summed E-state index contributed by atoms with van der Waals surface area (Å²) in [7, 11) is 1.55. The number of benzene rings is 1. The van der Waals surface area contributed by atoms with Gasteiger partial charge in [0, 0.05) is 17.3 Å². The van der Waals surface area contributed by atoms with E-state index in [1.807, 2.05) is 20.8 Å². The first kappa shape index (κ1) is 14.6. The van der Waals surface area contributed by atoms with Crippen molar-refractivity contribution in [1.82, 2.24) is 5.32 Å². The SMILES string of the molecule is COc1cc(NCC(=O)NC(C)(C)C)ccc1Cl. The van der Waals surface area contributed by atoms with Crippen LogP contribution < -0.4 is 15.4 Å². The lowest BCUT2D eigenvalue weighted by atomic mass is 10.1. The van der Waals surface area contributed by atoms with Crippen LogP contribution in [-0.2, 0) is 4.79 Å². The average Bonchev–Trinajstić information content (AvgIpc) is 2.25. The van der Waals surface area contributed by atoms with Gasteiger partial charge < -0.3 is 15.4 Å². The van der Waals surface area contributed by atoms with E-state index in [2.05, 4.69) is 10.6 Å². The van der Waals surface area contributed by atoms with Crippen molar-refractivity contribution in [1.29, 1.82) is 0 Å². The van der Waals surface area contributed by atoms with Gasteiger partial charge in [0.25, 0.3) is 0 Å². The molecule has 0 fully saturated rings. The Morgan fingerprint density at radius 3 is 2.61 bits per heavy atom. The van der Waals surface area contributed by atoms with Gasteiger partial charge in [-0.1, -0.05) is 11.6 Å². The van der Waals surface area contributed by atoms with Gasteiger partial charge in [-0.3, -0.25) is 4.79 Å². The van der Waals surface area contributed by atoms with E-state index >= 15 is 0 Å². The van der Waals surface area contributed by atoms with E-state index in [9.17, 15) is 4.79 Å². The molecule has 0 saturated heterocycles. The van der Waals surface area contributed by atoms with Crippen LogP contribution in [-0.4, -0.2) is 25.1 Å². The van der Waals surface area contributed by atoms with Crippen LogP contribution in [0.2, 0.25) is 5.02 Å². The predicted molar refractivity (Wildman–Crippen MR) is 74.4 cm³/mol. The minimum Gasteiger partial charge on any atom is -0.495 e. The molecule has 1 aromatic rings. The number of rotatable bonds is 4. The number of ether oxygens (including phenoxy) is 1. The van der Waals surface area contributed by atoms with Gasteiger partial charge in [-0.2, -0.15) is 0 Å². The number of halogens is 1. The quantitative estimate of drug-likeness (QED) is 0.884. The topological polar surface area (TPSA) is 50.4 Å². The molecule has 0 aromatic heterocycles. The molecule has 0 saturated carbocycles. The van der Waals surface area contributed by atoms with Gasteiger partial charge in [-0.05, 0) is 32.9 Å². The summed E-state index contributed by atoms with van der Waals surface area (Å²) < 4.78 is 5.10. The van der Waals surface area contributed by atoms with Crippen LogP contribution >= 0.6 is 11.6 Å². The standard InChI is InChI=1S/C13H19ClN2O2/c1-13(2,3)16-12(17)8-15-9-5-6-10(14)11(7-9)18-4/h5-7,15H,8H2,1-4H3,(H,16,17). The molecule has 1 aromatic carbocycles. The highest BCUT2D eigenvalue weighted by Crippen LogP contribution is 2.27.